The highest BCUT2D eigenvalue weighted by atomic mass is 19.1. The molecule has 0 unspecified atom stereocenters. The second-order valence-electron chi connectivity index (χ2n) is 6.73. The smallest absolute Gasteiger partial charge is 0.134 e. The van der Waals surface area contributed by atoms with Crippen molar-refractivity contribution in [2.75, 3.05) is 0 Å². The average Bonchev–Trinajstić information content (AvgIpc) is 2.68. The van der Waals surface area contributed by atoms with Crippen LogP contribution in [0, 0.1) is 17.7 Å². The molecule has 0 heterocycles. The van der Waals surface area contributed by atoms with Gasteiger partial charge in [-0.05, 0) is 60.0 Å². The summed E-state index contributed by atoms with van der Waals surface area (Å²) in [6, 6.07) is 18.1. The fourth-order valence-corrected chi connectivity index (χ4v) is 3.17. The number of fused-ring (bicyclic) bond motifs is 1. The molecule has 0 amide bonds. The van der Waals surface area contributed by atoms with Gasteiger partial charge in [-0.15, -0.1) is 0 Å². The number of hydrogen-bond donors (Lipinski definition) is 0. The molecule has 0 aromatic heterocycles. The van der Waals surface area contributed by atoms with E-state index in [1.807, 2.05) is 37.3 Å². The lowest BCUT2D eigenvalue weighted by Crippen LogP contribution is -1.89. The van der Waals surface area contributed by atoms with E-state index in [9.17, 15) is 4.39 Å². The van der Waals surface area contributed by atoms with Crippen LogP contribution in [0.25, 0.3) is 10.8 Å². The van der Waals surface area contributed by atoms with Crippen molar-refractivity contribution in [1.82, 2.24) is 0 Å². The first-order chi connectivity index (χ1) is 12.7. The summed E-state index contributed by atoms with van der Waals surface area (Å²) in [5.41, 5.74) is 4.05. The standard InChI is InChI=1S/C25H25F/c1-3-5-6-7-19-8-10-20(11-9-19)12-13-21-14-17-24-23(18-21)16-15-22(4-2)25(24)26/h8-11,14-18H,3-7H2,1-2H3. The fraction of sp³-hybridized carbons (Fsp3) is 0.280. The van der Waals surface area contributed by atoms with Crippen LogP contribution in [0.5, 0.6) is 0 Å². The largest absolute Gasteiger partial charge is 0.206 e. The van der Waals surface area contributed by atoms with E-state index in [1.54, 1.807) is 0 Å². The molecule has 0 saturated heterocycles. The van der Waals surface area contributed by atoms with E-state index >= 15 is 0 Å². The molecule has 1 heteroatoms. The molecule has 3 aromatic carbocycles. The molecule has 0 nitrogen and oxygen atoms in total. The fourth-order valence-electron chi connectivity index (χ4n) is 3.17. The average molecular weight is 344 g/mol. The molecule has 0 radical (unpaired) electrons. The number of halogens is 1. The summed E-state index contributed by atoms with van der Waals surface area (Å²) in [6.45, 7) is 4.20. The summed E-state index contributed by atoms with van der Waals surface area (Å²) in [5.74, 6) is 6.31. The van der Waals surface area contributed by atoms with E-state index in [0.29, 0.717) is 11.8 Å². The van der Waals surface area contributed by atoms with Crippen molar-refractivity contribution >= 4 is 10.8 Å². The monoisotopic (exact) mass is 344 g/mol. The Labute approximate surface area is 156 Å². The lowest BCUT2D eigenvalue weighted by molar-refractivity contribution is 0.624. The molecular formula is C25H25F. The quantitative estimate of drug-likeness (QED) is 0.358. The van der Waals surface area contributed by atoms with E-state index in [2.05, 4.69) is 43.0 Å². The van der Waals surface area contributed by atoms with Gasteiger partial charge in [-0.3, -0.25) is 0 Å². The molecule has 0 aliphatic carbocycles. The second kappa shape index (κ2) is 8.68. The Morgan fingerprint density at radius 1 is 0.808 bits per heavy atom. The molecule has 0 saturated carbocycles. The first-order valence-electron chi connectivity index (χ1n) is 9.53. The zero-order valence-corrected chi connectivity index (χ0v) is 15.6. The van der Waals surface area contributed by atoms with Gasteiger partial charge in [0.2, 0.25) is 0 Å². The van der Waals surface area contributed by atoms with Gasteiger partial charge in [0.1, 0.15) is 5.82 Å². The zero-order valence-electron chi connectivity index (χ0n) is 15.6. The number of benzene rings is 3. The van der Waals surface area contributed by atoms with Crippen LogP contribution in [0.4, 0.5) is 4.39 Å². The Morgan fingerprint density at radius 3 is 2.27 bits per heavy atom. The van der Waals surface area contributed by atoms with Crippen molar-refractivity contribution in [2.24, 2.45) is 0 Å². The highest BCUT2D eigenvalue weighted by molar-refractivity contribution is 5.85. The van der Waals surface area contributed by atoms with Gasteiger partial charge in [0, 0.05) is 16.5 Å². The van der Waals surface area contributed by atoms with Crippen LogP contribution in [-0.4, -0.2) is 0 Å². The van der Waals surface area contributed by atoms with Crippen LogP contribution in [0.3, 0.4) is 0 Å². The van der Waals surface area contributed by atoms with Crippen molar-refractivity contribution < 1.29 is 4.39 Å². The van der Waals surface area contributed by atoms with E-state index in [0.717, 1.165) is 28.5 Å². The summed E-state index contributed by atoms with van der Waals surface area (Å²) in [4.78, 5) is 0. The predicted octanol–water partition coefficient (Wildman–Crippen LogP) is 6.67. The van der Waals surface area contributed by atoms with Gasteiger partial charge in [0.05, 0.1) is 0 Å². The SMILES string of the molecule is CCCCCc1ccc(C#Cc2ccc3c(F)c(CC)ccc3c2)cc1. The molecule has 0 aliphatic heterocycles. The molecular weight excluding hydrogens is 319 g/mol. The van der Waals surface area contributed by atoms with E-state index in [1.165, 1.54) is 24.8 Å². The molecule has 0 bridgehead atoms. The summed E-state index contributed by atoms with van der Waals surface area (Å²) >= 11 is 0. The minimum absolute atomic E-state index is 0.108. The second-order valence-corrected chi connectivity index (χ2v) is 6.73. The van der Waals surface area contributed by atoms with Gasteiger partial charge < -0.3 is 0 Å². The third-order valence-corrected chi connectivity index (χ3v) is 4.79. The first-order valence-corrected chi connectivity index (χ1v) is 9.53. The number of hydrogen-bond acceptors (Lipinski definition) is 0. The van der Waals surface area contributed by atoms with Crippen LogP contribution >= 0.6 is 0 Å². The van der Waals surface area contributed by atoms with Crippen LogP contribution in [-0.2, 0) is 12.8 Å². The van der Waals surface area contributed by atoms with Gasteiger partial charge in [-0.1, -0.05) is 68.9 Å². The number of rotatable bonds is 5. The predicted molar refractivity (Wildman–Crippen MR) is 109 cm³/mol. The van der Waals surface area contributed by atoms with E-state index < -0.39 is 0 Å². The topological polar surface area (TPSA) is 0 Å². The van der Waals surface area contributed by atoms with Crippen LogP contribution < -0.4 is 0 Å². The normalized spacial score (nSPS) is 10.6. The Kier molecular flexibility index (Phi) is 6.08. The summed E-state index contributed by atoms with van der Waals surface area (Å²) in [5, 5.41) is 1.57. The van der Waals surface area contributed by atoms with Gasteiger partial charge in [0.15, 0.2) is 0 Å². The Balaban J connectivity index is 1.77. The number of unbranched alkanes of at least 4 members (excludes halogenated alkanes) is 2. The lowest BCUT2D eigenvalue weighted by Gasteiger charge is -2.05. The van der Waals surface area contributed by atoms with Crippen LogP contribution in [0.15, 0.2) is 54.6 Å². The Bertz CT molecular complexity index is 940. The highest BCUT2D eigenvalue weighted by Crippen LogP contribution is 2.22. The van der Waals surface area contributed by atoms with Crippen molar-refractivity contribution in [3.05, 3.63) is 82.7 Å². The highest BCUT2D eigenvalue weighted by Gasteiger charge is 2.05. The van der Waals surface area contributed by atoms with Crippen LogP contribution in [0.2, 0.25) is 0 Å². The first kappa shape index (κ1) is 18.2. The maximum absolute atomic E-state index is 14.4. The zero-order chi connectivity index (χ0) is 18.4. The molecule has 3 rings (SSSR count). The van der Waals surface area contributed by atoms with Crippen LogP contribution in [0.1, 0.15) is 55.4 Å². The van der Waals surface area contributed by atoms with Gasteiger partial charge in [-0.2, -0.15) is 0 Å². The molecule has 0 spiro atoms. The van der Waals surface area contributed by atoms with Crippen molar-refractivity contribution in [1.29, 1.82) is 0 Å². The maximum Gasteiger partial charge on any atom is 0.134 e. The molecule has 0 aliphatic rings. The Hall–Kier alpha value is -2.59. The molecule has 132 valence electrons. The molecule has 3 aromatic rings. The third kappa shape index (κ3) is 4.33. The minimum Gasteiger partial charge on any atom is -0.206 e. The molecule has 0 N–H and O–H groups in total. The van der Waals surface area contributed by atoms with Crippen molar-refractivity contribution in [2.45, 2.75) is 46.0 Å². The third-order valence-electron chi connectivity index (χ3n) is 4.79. The molecule has 0 atom stereocenters. The summed E-state index contributed by atoms with van der Waals surface area (Å²) in [7, 11) is 0. The number of aryl methyl sites for hydroxylation is 2. The maximum atomic E-state index is 14.4. The molecule has 26 heavy (non-hydrogen) atoms. The lowest BCUT2D eigenvalue weighted by atomic mass is 10.0. The summed E-state index contributed by atoms with van der Waals surface area (Å²) in [6.07, 6.45) is 5.62. The van der Waals surface area contributed by atoms with E-state index in [-0.39, 0.29) is 5.82 Å². The van der Waals surface area contributed by atoms with Crippen molar-refractivity contribution in [3.8, 4) is 11.8 Å². The van der Waals surface area contributed by atoms with E-state index in [4.69, 9.17) is 0 Å². The van der Waals surface area contributed by atoms with Gasteiger partial charge in [-0.25, -0.2) is 4.39 Å². The van der Waals surface area contributed by atoms with Gasteiger partial charge >= 0.3 is 0 Å². The minimum atomic E-state index is -0.108. The van der Waals surface area contributed by atoms with Gasteiger partial charge in [0.25, 0.3) is 0 Å². The summed E-state index contributed by atoms with van der Waals surface area (Å²) < 4.78 is 14.4. The molecule has 0 fully saturated rings. The van der Waals surface area contributed by atoms with Crippen molar-refractivity contribution in [3.63, 3.8) is 0 Å². The Morgan fingerprint density at radius 2 is 1.54 bits per heavy atom.